The van der Waals surface area contributed by atoms with Gasteiger partial charge < -0.3 is 10.5 Å². The normalized spacial score (nSPS) is 16.9. The molecule has 0 radical (unpaired) electrons. The molecule has 0 bridgehead atoms. The second-order valence-corrected chi connectivity index (χ2v) is 5.61. The number of carbonyl (C=O) groups excluding carboxylic acids is 1. The SMILES string of the molecule is NCCOCCN1C(=O)c2ccccc2S1(=O)=O. The molecule has 0 aliphatic carbocycles. The Morgan fingerprint density at radius 1 is 1.22 bits per heavy atom. The molecule has 1 aromatic carbocycles. The summed E-state index contributed by atoms with van der Waals surface area (Å²) in [6.45, 7) is 0.863. The van der Waals surface area contributed by atoms with E-state index in [4.69, 9.17) is 10.5 Å². The Morgan fingerprint density at radius 3 is 2.61 bits per heavy atom. The molecule has 6 nitrogen and oxygen atoms in total. The number of amides is 1. The number of ether oxygens (including phenoxy) is 1. The summed E-state index contributed by atoms with van der Waals surface area (Å²) in [5.74, 6) is -0.498. The molecule has 7 heteroatoms. The molecule has 1 aromatic rings. The number of hydrogen-bond donors (Lipinski definition) is 1. The number of rotatable bonds is 5. The molecule has 2 rings (SSSR count). The van der Waals surface area contributed by atoms with Gasteiger partial charge >= 0.3 is 0 Å². The highest BCUT2D eigenvalue weighted by Gasteiger charge is 2.40. The van der Waals surface area contributed by atoms with Crippen molar-refractivity contribution in [3.05, 3.63) is 29.8 Å². The highest BCUT2D eigenvalue weighted by atomic mass is 32.2. The van der Waals surface area contributed by atoms with Crippen LogP contribution < -0.4 is 5.73 Å². The average Bonchev–Trinajstić information content (AvgIpc) is 2.55. The van der Waals surface area contributed by atoms with Gasteiger partial charge in [-0.05, 0) is 12.1 Å². The highest BCUT2D eigenvalue weighted by Crippen LogP contribution is 2.29. The summed E-state index contributed by atoms with van der Waals surface area (Å²) in [6, 6.07) is 6.18. The van der Waals surface area contributed by atoms with E-state index >= 15 is 0 Å². The van der Waals surface area contributed by atoms with Crippen LogP contribution >= 0.6 is 0 Å². The molecule has 0 unspecified atom stereocenters. The van der Waals surface area contributed by atoms with Crippen LogP contribution in [0.4, 0.5) is 0 Å². The van der Waals surface area contributed by atoms with Crippen LogP contribution in [0.5, 0.6) is 0 Å². The lowest BCUT2D eigenvalue weighted by atomic mass is 10.2. The maximum absolute atomic E-state index is 12.1. The van der Waals surface area contributed by atoms with Crippen molar-refractivity contribution in [1.82, 2.24) is 4.31 Å². The first-order valence-corrected chi connectivity index (χ1v) is 6.97. The number of fused-ring (bicyclic) bond motifs is 1. The van der Waals surface area contributed by atoms with E-state index in [1.807, 2.05) is 0 Å². The second kappa shape index (κ2) is 5.05. The number of nitrogens with two attached hydrogens (primary N) is 1. The summed E-state index contributed by atoms with van der Waals surface area (Å²) < 4.78 is 30.1. The lowest BCUT2D eigenvalue weighted by Crippen LogP contribution is -2.33. The zero-order chi connectivity index (χ0) is 13.2. The molecule has 18 heavy (non-hydrogen) atoms. The molecule has 1 amide bonds. The van der Waals surface area contributed by atoms with Gasteiger partial charge in [0.25, 0.3) is 15.9 Å². The van der Waals surface area contributed by atoms with Gasteiger partial charge in [0.1, 0.15) is 4.90 Å². The quantitative estimate of drug-likeness (QED) is 0.749. The Kier molecular flexibility index (Phi) is 3.65. The fourth-order valence-electron chi connectivity index (χ4n) is 1.79. The summed E-state index contributed by atoms with van der Waals surface area (Å²) in [5.41, 5.74) is 5.47. The van der Waals surface area contributed by atoms with Crippen LogP contribution in [-0.2, 0) is 14.8 Å². The zero-order valence-corrected chi connectivity index (χ0v) is 10.5. The van der Waals surface area contributed by atoms with Gasteiger partial charge in [0.05, 0.1) is 25.3 Å². The molecule has 2 N–H and O–H groups in total. The largest absolute Gasteiger partial charge is 0.378 e. The summed E-state index contributed by atoms with van der Waals surface area (Å²) in [6.07, 6.45) is 0. The standard InChI is InChI=1S/C11H14N2O4S/c12-5-7-17-8-6-13-11(14)9-3-1-2-4-10(9)18(13,15)16/h1-4H,5-8,12H2. The molecule has 0 saturated heterocycles. The molecule has 0 spiro atoms. The van der Waals surface area contributed by atoms with Crippen LogP contribution in [0.2, 0.25) is 0 Å². The van der Waals surface area contributed by atoms with Crippen molar-refractivity contribution < 1.29 is 17.9 Å². The van der Waals surface area contributed by atoms with E-state index in [2.05, 4.69) is 0 Å². The third-order valence-corrected chi connectivity index (χ3v) is 4.45. The molecular formula is C11H14N2O4S. The minimum atomic E-state index is -3.71. The van der Waals surface area contributed by atoms with Crippen molar-refractivity contribution in [3.63, 3.8) is 0 Å². The Bertz CT molecular complexity index is 556. The van der Waals surface area contributed by atoms with E-state index in [9.17, 15) is 13.2 Å². The van der Waals surface area contributed by atoms with Gasteiger partial charge in [0.2, 0.25) is 0 Å². The molecule has 0 aromatic heterocycles. The molecule has 0 saturated carbocycles. The minimum absolute atomic E-state index is 0.00977. The smallest absolute Gasteiger partial charge is 0.269 e. The molecular weight excluding hydrogens is 256 g/mol. The van der Waals surface area contributed by atoms with Crippen molar-refractivity contribution in [2.45, 2.75) is 4.90 Å². The van der Waals surface area contributed by atoms with Crippen LogP contribution in [0.15, 0.2) is 29.2 Å². The number of benzene rings is 1. The fourth-order valence-corrected chi connectivity index (χ4v) is 3.34. The highest BCUT2D eigenvalue weighted by molar-refractivity contribution is 7.90. The number of sulfonamides is 1. The van der Waals surface area contributed by atoms with Gasteiger partial charge in [0.15, 0.2) is 0 Å². The van der Waals surface area contributed by atoms with Gasteiger partial charge in [-0.2, -0.15) is 0 Å². The maximum Gasteiger partial charge on any atom is 0.269 e. The Labute approximate surface area is 105 Å². The number of hydrogen-bond acceptors (Lipinski definition) is 5. The molecule has 0 atom stereocenters. The molecule has 1 aliphatic rings. The molecule has 98 valence electrons. The summed E-state index contributed by atoms with van der Waals surface area (Å²) in [4.78, 5) is 12.0. The average molecular weight is 270 g/mol. The molecule has 1 aliphatic heterocycles. The van der Waals surface area contributed by atoms with E-state index in [1.165, 1.54) is 12.1 Å². The van der Waals surface area contributed by atoms with Crippen LogP contribution in [0.1, 0.15) is 10.4 Å². The lowest BCUT2D eigenvalue weighted by molar-refractivity contribution is 0.0806. The van der Waals surface area contributed by atoms with Gasteiger partial charge in [0, 0.05) is 6.54 Å². The monoisotopic (exact) mass is 270 g/mol. The Balaban J connectivity index is 2.18. The Morgan fingerprint density at radius 2 is 1.94 bits per heavy atom. The van der Waals surface area contributed by atoms with Crippen molar-refractivity contribution in [2.75, 3.05) is 26.3 Å². The second-order valence-electron chi connectivity index (χ2n) is 3.78. The van der Waals surface area contributed by atoms with Crippen molar-refractivity contribution >= 4 is 15.9 Å². The zero-order valence-electron chi connectivity index (χ0n) is 9.70. The van der Waals surface area contributed by atoms with Gasteiger partial charge in [-0.3, -0.25) is 4.79 Å². The Hall–Kier alpha value is -1.44. The van der Waals surface area contributed by atoms with Crippen LogP contribution in [-0.4, -0.2) is 44.9 Å². The van der Waals surface area contributed by atoms with Crippen molar-refractivity contribution in [3.8, 4) is 0 Å². The third-order valence-electron chi connectivity index (χ3n) is 2.61. The minimum Gasteiger partial charge on any atom is -0.378 e. The number of nitrogens with zero attached hydrogens (tertiary/aromatic N) is 1. The third kappa shape index (κ3) is 2.12. The lowest BCUT2D eigenvalue weighted by Gasteiger charge is -2.14. The topological polar surface area (TPSA) is 89.7 Å². The number of carbonyl (C=O) groups is 1. The predicted molar refractivity (Wildman–Crippen MR) is 64.5 cm³/mol. The van der Waals surface area contributed by atoms with Crippen LogP contribution in [0.3, 0.4) is 0 Å². The fraction of sp³-hybridized carbons (Fsp3) is 0.364. The van der Waals surface area contributed by atoms with E-state index in [0.29, 0.717) is 13.2 Å². The van der Waals surface area contributed by atoms with E-state index in [0.717, 1.165) is 4.31 Å². The van der Waals surface area contributed by atoms with E-state index < -0.39 is 15.9 Å². The van der Waals surface area contributed by atoms with E-state index in [1.54, 1.807) is 12.1 Å². The van der Waals surface area contributed by atoms with Crippen molar-refractivity contribution in [2.24, 2.45) is 5.73 Å². The van der Waals surface area contributed by atoms with Crippen LogP contribution in [0, 0.1) is 0 Å². The van der Waals surface area contributed by atoms with Gasteiger partial charge in [-0.1, -0.05) is 12.1 Å². The summed E-state index contributed by atoms with van der Waals surface area (Å²) >= 11 is 0. The molecule has 0 fully saturated rings. The molecule has 1 heterocycles. The first-order chi connectivity index (χ1) is 8.59. The van der Waals surface area contributed by atoms with Gasteiger partial charge in [-0.15, -0.1) is 0 Å². The first-order valence-electron chi connectivity index (χ1n) is 5.53. The first kappa shape index (κ1) is 13.0. The summed E-state index contributed by atoms with van der Waals surface area (Å²) in [5, 5.41) is 0. The predicted octanol–water partition coefficient (Wildman–Crippen LogP) is -0.194. The van der Waals surface area contributed by atoms with E-state index in [-0.39, 0.29) is 23.6 Å². The van der Waals surface area contributed by atoms with Gasteiger partial charge in [-0.25, -0.2) is 12.7 Å². The van der Waals surface area contributed by atoms with Crippen molar-refractivity contribution in [1.29, 1.82) is 0 Å². The summed E-state index contributed by atoms with van der Waals surface area (Å²) in [7, 11) is -3.71. The van der Waals surface area contributed by atoms with Crippen LogP contribution in [0.25, 0.3) is 0 Å². The maximum atomic E-state index is 12.1.